The molecule has 2 aliphatic rings. The average molecular weight is 573 g/mol. The van der Waals surface area contributed by atoms with E-state index in [-0.39, 0.29) is 28.9 Å². The highest BCUT2D eigenvalue weighted by molar-refractivity contribution is 8.00. The van der Waals surface area contributed by atoms with Crippen LogP contribution in [0.3, 0.4) is 0 Å². The summed E-state index contributed by atoms with van der Waals surface area (Å²) >= 11 is 2.21. The van der Waals surface area contributed by atoms with Crippen molar-refractivity contribution < 1.29 is 28.9 Å². The summed E-state index contributed by atoms with van der Waals surface area (Å²) in [6.07, 6.45) is 6.22. The van der Waals surface area contributed by atoms with Crippen LogP contribution in [0.15, 0.2) is 41.2 Å². The largest absolute Gasteiger partial charge is 0.543 e. The molecule has 39 heavy (non-hydrogen) atoms. The number of oxime groups is 1. The Hall–Kier alpha value is -4.09. The first kappa shape index (κ1) is 26.5. The second kappa shape index (κ2) is 11.0. The number of carbonyl (C=O) groups is 3. The molecule has 2 amide bonds. The lowest BCUT2D eigenvalue weighted by Gasteiger charge is -2.50. The zero-order chi connectivity index (χ0) is 27.7. The maximum atomic E-state index is 13.1. The summed E-state index contributed by atoms with van der Waals surface area (Å²) in [4.78, 5) is 52.3. The van der Waals surface area contributed by atoms with E-state index < -0.39 is 29.2 Å². The number of fused-ring (bicyclic) bond motifs is 2. The number of aryl methyl sites for hydroxylation is 1. The predicted molar refractivity (Wildman–Crippen MR) is 139 cm³/mol. The van der Waals surface area contributed by atoms with Gasteiger partial charge in [-0.15, -0.1) is 11.8 Å². The summed E-state index contributed by atoms with van der Waals surface area (Å²) < 4.78 is 7.77. The number of hydrogen-bond donors (Lipinski definition) is 3. The van der Waals surface area contributed by atoms with Crippen molar-refractivity contribution in [3.63, 3.8) is 0 Å². The van der Waals surface area contributed by atoms with Crippen LogP contribution in [0.2, 0.25) is 0 Å². The van der Waals surface area contributed by atoms with E-state index in [4.69, 9.17) is 16.3 Å². The molecule has 15 nitrogen and oxygen atoms in total. The standard InChI is InChI=1S/C22H24N10O5S2/c1-37-28-14(17-27-22(24)39-29-17)18(33)26-15-19(34)32-16(21(35)36)11(9-38-20(15)32)7-30-6-3-13-12(8-30)25-10-31(13)5-2-4-23/h3,6,8,10,15,20H,2,4-5,7,9,23H2,1H3,(H3-,24,26,27,29,33,35,36)/b28-14-. The van der Waals surface area contributed by atoms with Crippen molar-refractivity contribution >= 4 is 63.0 Å². The fraction of sp³-hybridized carbons (Fsp3) is 0.364. The van der Waals surface area contributed by atoms with Crippen LogP contribution < -0.4 is 26.5 Å². The molecular weight excluding hydrogens is 548 g/mol. The van der Waals surface area contributed by atoms with Crippen LogP contribution in [0.25, 0.3) is 11.0 Å². The van der Waals surface area contributed by atoms with Gasteiger partial charge in [-0.1, -0.05) is 5.16 Å². The maximum absolute atomic E-state index is 13.1. The molecule has 5 rings (SSSR count). The number of hydrogen-bond acceptors (Lipinski definition) is 13. The number of thioether (sulfide) groups is 1. The number of nitrogens with two attached hydrogens (primary N) is 2. The third kappa shape index (κ3) is 5.02. The Balaban J connectivity index is 1.33. The number of rotatable bonds is 10. The summed E-state index contributed by atoms with van der Waals surface area (Å²) in [7, 11) is 1.25. The molecule has 5 heterocycles. The van der Waals surface area contributed by atoms with Crippen molar-refractivity contribution in [3.05, 3.63) is 41.9 Å². The van der Waals surface area contributed by atoms with Gasteiger partial charge in [-0.2, -0.15) is 13.9 Å². The van der Waals surface area contributed by atoms with Crippen LogP contribution in [0.1, 0.15) is 12.2 Å². The van der Waals surface area contributed by atoms with Gasteiger partial charge < -0.3 is 36.1 Å². The summed E-state index contributed by atoms with van der Waals surface area (Å²) in [5.74, 6) is -2.55. The lowest BCUT2D eigenvalue weighted by molar-refractivity contribution is -0.687. The zero-order valence-corrected chi connectivity index (χ0v) is 22.3. The number of carbonyl (C=O) groups excluding carboxylic acids is 3. The third-order valence-electron chi connectivity index (χ3n) is 6.18. The minimum Gasteiger partial charge on any atom is -0.543 e. The van der Waals surface area contributed by atoms with E-state index in [0.29, 0.717) is 17.9 Å². The van der Waals surface area contributed by atoms with Crippen LogP contribution in [0.5, 0.6) is 0 Å². The number of imidazole rings is 1. The number of carboxylic acids is 1. The van der Waals surface area contributed by atoms with Gasteiger partial charge in [0.2, 0.25) is 11.5 Å². The minimum atomic E-state index is -1.47. The molecule has 3 aromatic rings. The quantitative estimate of drug-likeness (QED) is 0.101. The van der Waals surface area contributed by atoms with Crippen molar-refractivity contribution in [1.29, 1.82) is 0 Å². The topological polar surface area (TPSA) is 211 Å². The van der Waals surface area contributed by atoms with Crippen molar-refractivity contribution in [2.75, 3.05) is 25.1 Å². The second-order valence-electron chi connectivity index (χ2n) is 8.65. The van der Waals surface area contributed by atoms with Crippen molar-refractivity contribution in [2.24, 2.45) is 10.9 Å². The predicted octanol–water partition coefficient (Wildman–Crippen LogP) is -2.44. The van der Waals surface area contributed by atoms with Crippen molar-refractivity contribution in [1.82, 2.24) is 29.1 Å². The Morgan fingerprint density at radius 2 is 2.23 bits per heavy atom. The van der Waals surface area contributed by atoms with E-state index in [1.165, 1.54) is 18.9 Å². The zero-order valence-electron chi connectivity index (χ0n) is 20.6. The van der Waals surface area contributed by atoms with Crippen molar-refractivity contribution in [2.45, 2.75) is 30.9 Å². The smallest absolute Gasteiger partial charge is 0.278 e. The van der Waals surface area contributed by atoms with E-state index >= 15 is 0 Å². The fourth-order valence-electron chi connectivity index (χ4n) is 4.42. The molecule has 3 aromatic heterocycles. The van der Waals surface area contributed by atoms with E-state index in [0.717, 1.165) is 40.4 Å². The highest BCUT2D eigenvalue weighted by Crippen LogP contribution is 2.40. The lowest BCUT2D eigenvalue weighted by Crippen LogP contribution is -2.71. The molecule has 17 heteroatoms. The van der Waals surface area contributed by atoms with E-state index in [1.807, 2.05) is 27.6 Å². The summed E-state index contributed by atoms with van der Waals surface area (Å²) in [6.45, 7) is 1.54. The van der Waals surface area contributed by atoms with Gasteiger partial charge in [-0.05, 0) is 13.0 Å². The molecular formula is C22H24N10O5S2. The average Bonchev–Trinajstić information content (AvgIpc) is 3.54. The van der Waals surface area contributed by atoms with Crippen molar-refractivity contribution in [3.8, 4) is 0 Å². The molecule has 0 aromatic carbocycles. The Labute approximate surface area is 229 Å². The van der Waals surface area contributed by atoms with Gasteiger partial charge in [-0.25, -0.2) is 4.98 Å². The highest BCUT2D eigenvalue weighted by Gasteiger charge is 2.53. The number of β-lactam (4-membered cyclic amide) rings is 1. The van der Waals surface area contributed by atoms with Crippen LogP contribution >= 0.6 is 23.3 Å². The Bertz CT molecular complexity index is 1520. The number of anilines is 1. The van der Waals surface area contributed by atoms with E-state index in [2.05, 4.69) is 24.8 Å². The van der Waals surface area contributed by atoms with Gasteiger partial charge in [0, 0.05) is 35.5 Å². The molecule has 1 saturated heterocycles. The molecule has 2 atom stereocenters. The van der Waals surface area contributed by atoms with E-state index in [9.17, 15) is 19.5 Å². The first-order chi connectivity index (χ1) is 18.8. The lowest BCUT2D eigenvalue weighted by atomic mass is 10.0. The maximum Gasteiger partial charge on any atom is 0.278 e. The van der Waals surface area contributed by atoms with Crippen LogP contribution in [0.4, 0.5) is 5.13 Å². The Morgan fingerprint density at radius 1 is 1.41 bits per heavy atom. The molecule has 5 N–H and O–H groups in total. The first-order valence-corrected chi connectivity index (χ1v) is 13.6. The monoisotopic (exact) mass is 572 g/mol. The Morgan fingerprint density at radius 3 is 2.92 bits per heavy atom. The SMILES string of the molecule is CO/N=C(\C(=O)NC1C(=O)N2C(C(=O)[O-])=C(C[n+]3ccc4c(c3)ncn4CCCN)CSC12)c1nsc(N)n1. The normalized spacial score (nSPS) is 19.2. The molecule has 0 aliphatic carbocycles. The molecule has 0 spiro atoms. The van der Waals surface area contributed by atoms with E-state index in [1.54, 1.807) is 6.33 Å². The van der Waals surface area contributed by atoms with Gasteiger partial charge in [-0.3, -0.25) is 14.5 Å². The number of nitrogens with zero attached hydrogens (tertiary/aromatic N) is 7. The van der Waals surface area contributed by atoms with Crippen LogP contribution in [0, 0.1) is 0 Å². The summed E-state index contributed by atoms with van der Waals surface area (Å²) in [5, 5.41) is 17.9. The molecule has 0 bridgehead atoms. The summed E-state index contributed by atoms with van der Waals surface area (Å²) in [5.41, 5.74) is 12.9. The minimum absolute atomic E-state index is 0.0485. The molecule has 0 radical (unpaired) electrons. The number of pyridine rings is 1. The molecule has 2 unspecified atom stereocenters. The highest BCUT2D eigenvalue weighted by atomic mass is 32.2. The number of nitrogen functional groups attached to an aromatic ring is 1. The number of amides is 2. The Kier molecular flexibility index (Phi) is 7.45. The van der Waals surface area contributed by atoms with Gasteiger partial charge in [0.25, 0.3) is 11.8 Å². The molecule has 1 fully saturated rings. The van der Waals surface area contributed by atoms with Crippen LogP contribution in [-0.4, -0.2) is 78.1 Å². The van der Waals surface area contributed by atoms with Gasteiger partial charge in [0.05, 0.1) is 23.5 Å². The number of carboxylic acid groups (broad SMARTS) is 1. The number of aliphatic carboxylic acids is 1. The van der Waals surface area contributed by atoms with Crippen LogP contribution in [-0.2, 0) is 32.3 Å². The summed E-state index contributed by atoms with van der Waals surface area (Å²) in [6, 6.07) is 0.916. The molecule has 204 valence electrons. The fourth-order valence-corrected chi connectivity index (χ4v) is 6.19. The van der Waals surface area contributed by atoms with Gasteiger partial charge in [0.15, 0.2) is 29.6 Å². The number of nitrogens with one attached hydrogen (secondary N) is 1. The first-order valence-electron chi connectivity index (χ1n) is 11.8. The molecule has 2 aliphatic heterocycles. The molecule has 0 saturated carbocycles. The van der Waals surface area contributed by atoms with Gasteiger partial charge in [0.1, 0.15) is 18.5 Å². The van der Waals surface area contributed by atoms with Gasteiger partial charge >= 0.3 is 0 Å². The number of aromatic nitrogens is 5. The third-order valence-corrected chi connectivity index (χ3v) is 8.06. The second-order valence-corrected chi connectivity index (χ2v) is 10.5.